The Kier molecular flexibility index (Phi) is 5.47. The molecule has 2 fully saturated rings. The molecule has 22 heavy (non-hydrogen) atoms. The third kappa shape index (κ3) is 3.81. The smallest absolute Gasteiger partial charge is 0.270 e. The minimum absolute atomic E-state index is 0. The van der Waals surface area contributed by atoms with Crippen LogP contribution in [0.5, 0.6) is 0 Å². The van der Waals surface area contributed by atoms with Gasteiger partial charge in [0.25, 0.3) is 11.8 Å². The maximum Gasteiger partial charge on any atom is 0.270 e. The zero-order valence-corrected chi connectivity index (χ0v) is 13.3. The van der Waals surface area contributed by atoms with E-state index in [1.54, 1.807) is 12.3 Å². The second kappa shape index (κ2) is 7.15. The van der Waals surface area contributed by atoms with Gasteiger partial charge in [-0.15, -0.1) is 12.4 Å². The number of rotatable bonds is 5. The topological polar surface area (TPSA) is 91.2 Å². The molecule has 7 heteroatoms. The molecule has 1 saturated heterocycles. The van der Waals surface area contributed by atoms with Crippen LogP contribution in [0.4, 0.5) is 0 Å². The van der Waals surface area contributed by atoms with E-state index in [0.717, 1.165) is 38.8 Å². The van der Waals surface area contributed by atoms with Crippen molar-refractivity contribution >= 4 is 24.2 Å². The number of hydrogen-bond acceptors (Lipinski definition) is 3. The van der Waals surface area contributed by atoms with E-state index in [1.807, 2.05) is 4.90 Å². The summed E-state index contributed by atoms with van der Waals surface area (Å²) in [6.07, 6.45) is 6.02. The number of amides is 2. The van der Waals surface area contributed by atoms with Crippen molar-refractivity contribution in [2.75, 3.05) is 19.6 Å². The second-order valence-electron chi connectivity index (χ2n) is 6.01. The molecule has 122 valence electrons. The van der Waals surface area contributed by atoms with Gasteiger partial charge >= 0.3 is 0 Å². The molecule has 1 aromatic rings. The minimum atomic E-state index is -0.178. The number of hydrogen-bond donors (Lipinski definition) is 3. The van der Waals surface area contributed by atoms with Crippen molar-refractivity contribution < 1.29 is 9.59 Å². The van der Waals surface area contributed by atoms with Gasteiger partial charge in [0, 0.05) is 31.9 Å². The van der Waals surface area contributed by atoms with Crippen LogP contribution in [-0.4, -0.2) is 47.4 Å². The van der Waals surface area contributed by atoms with Crippen molar-refractivity contribution in [1.29, 1.82) is 0 Å². The Balaban J connectivity index is 0.00000176. The number of H-pyrrole nitrogens is 1. The fraction of sp³-hybridized carbons (Fsp3) is 0.600. The molecule has 2 aliphatic rings. The van der Waals surface area contributed by atoms with Crippen molar-refractivity contribution in [2.24, 2.45) is 11.7 Å². The average molecular weight is 327 g/mol. The van der Waals surface area contributed by atoms with Gasteiger partial charge in [0.1, 0.15) is 5.69 Å². The lowest BCUT2D eigenvalue weighted by Gasteiger charge is -2.13. The van der Waals surface area contributed by atoms with Crippen LogP contribution < -0.4 is 11.1 Å². The third-order valence-corrected chi connectivity index (χ3v) is 4.29. The molecule has 6 nitrogen and oxygen atoms in total. The Bertz CT molecular complexity index is 535. The maximum atomic E-state index is 12.2. The molecule has 1 saturated carbocycles. The summed E-state index contributed by atoms with van der Waals surface area (Å²) < 4.78 is 0. The molecule has 1 aromatic heterocycles. The van der Waals surface area contributed by atoms with Crippen LogP contribution in [0, 0.1) is 5.92 Å². The SMILES string of the molecule is Cl.NC(CNC(=O)c1c[nH]c(C(=O)N2CCCC2)c1)C1CC1. The molecule has 3 rings (SSSR count). The molecule has 0 bridgehead atoms. The molecule has 0 radical (unpaired) electrons. The molecule has 1 unspecified atom stereocenters. The summed E-state index contributed by atoms with van der Waals surface area (Å²) in [6.45, 7) is 2.09. The predicted molar refractivity (Wildman–Crippen MR) is 86.2 cm³/mol. The lowest BCUT2D eigenvalue weighted by Crippen LogP contribution is -2.38. The second-order valence-corrected chi connectivity index (χ2v) is 6.01. The van der Waals surface area contributed by atoms with Gasteiger partial charge in [-0.25, -0.2) is 0 Å². The molecule has 1 aliphatic heterocycles. The molecule has 1 atom stereocenters. The maximum absolute atomic E-state index is 12.2. The van der Waals surface area contributed by atoms with E-state index in [2.05, 4.69) is 10.3 Å². The normalized spacial score (nSPS) is 18.7. The Morgan fingerprint density at radius 2 is 2.05 bits per heavy atom. The standard InChI is InChI=1S/C15H22N4O2.ClH/c16-12(10-3-4-10)9-18-14(20)11-7-13(17-8-11)15(21)19-5-1-2-6-19;/h7-8,10,12,17H,1-6,9,16H2,(H,18,20);1H. The lowest BCUT2D eigenvalue weighted by atomic mass is 10.2. The molecule has 2 amide bonds. The highest BCUT2D eigenvalue weighted by atomic mass is 35.5. The van der Waals surface area contributed by atoms with E-state index in [1.165, 1.54) is 0 Å². The van der Waals surface area contributed by atoms with Crippen LogP contribution in [0.3, 0.4) is 0 Å². The summed E-state index contributed by atoms with van der Waals surface area (Å²) in [5, 5.41) is 2.83. The van der Waals surface area contributed by atoms with Crippen LogP contribution in [0.2, 0.25) is 0 Å². The fourth-order valence-electron chi connectivity index (χ4n) is 2.74. The van der Waals surface area contributed by atoms with Crippen molar-refractivity contribution in [1.82, 2.24) is 15.2 Å². The largest absolute Gasteiger partial charge is 0.356 e. The molecule has 0 aromatic carbocycles. The highest BCUT2D eigenvalue weighted by Crippen LogP contribution is 2.31. The first-order valence-electron chi connectivity index (χ1n) is 7.66. The van der Waals surface area contributed by atoms with Crippen molar-refractivity contribution in [3.05, 3.63) is 23.5 Å². The summed E-state index contributed by atoms with van der Waals surface area (Å²) in [6, 6.07) is 1.66. The Morgan fingerprint density at radius 3 is 2.68 bits per heavy atom. The van der Waals surface area contributed by atoms with Gasteiger partial charge < -0.3 is 20.9 Å². The average Bonchev–Trinajstić information content (AvgIpc) is 3.02. The number of nitrogens with one attached hydrogen (secondary N) is 2. The van der Waals surface area contributed by atoms with E-state index in [0.29, 0.717) is 23.7 Å². The van der Waals surface area contributed by atoms with Gasteiger partial charge in [0.05, 0.1) is 5.56 Å². The predicted octanol–water partition coefficient (Wildman–Crippen LogP) is 1.14. The van der Waals surface area contributed by atoms with Crippen LogP contribution in [0.15, 0.2) is 12.3 Å². The van der Waals surface area contributed by atoms with Gasteiger partial charge in [-0.1, -0.05) is 0 Å². The number of nitrogens with zero attached hydrogens (tertiary/aromatic N) is 1. The van der Waals surface area contributed by atoms with Crippen LogP contribution in [0.1, 0.15) is 46.5 Å². The molecule has 2 heterocycles. The first kappa shape index (κ1) is 16.8. The molecular formula is C15H23ClN4O2. The number of aromatic nitrogens is 1. The summed E-state index contributed by atoms with van der Waals surface area (Å²) in [7, 11) is 0. The van der Waals surface area contributed by atoms with Crippen LogP contribution >= 0.6 is 12.4 Å². The number of carbonyl (C=O) groups is 2. The van der Waals surface area contributed by atoms with E-state index in [4.69, 9.17) is 5.73 Å². The van der Waals surface area contributed by atoms with E-state index in [9.17, 15) is 9.59 Å². The highest BCUT2D eigenvalue weighted by molar-refractivity contribution is 5.99. The van der Waals surface area contributed by atoms with Crippen LogP contribution in [0.25, 0.3) is 0 Å². The molecular weight excluding hydrogens is 304 g/mol. The summed E-state index contributed by atoms with van der Waals surface area (Å²) in [4.78, 5) is 28.9. The number of carbonyl (C=O) groups excluding carboxylic acids is 2. The minimum Gasteiger partial charge on any atom is -0.356 e. The zero-order valence-electron chi connectivity index (χ0n) is 12.5. The molecule has 0 spiro atoms. The Hall–Kier alpha value is -1.53. The van der Waals surface area contributed by atoms with E-state index >= 15 is 0 Å². The quantitative estimate of drug-likeness (QED) is 0.757. The first-order chi connectivity index (χ1) is 10.1. The highest BCUT2D eigenvalue weighted by Gasteiger charge is 2.28. The Morgan fingerprint density at radius 1 is 1.36 bits per heavy atom. The van der Waals surface area contributed by atoms with Crippen LogP contribution in [-0.2, 0) is 0 Å². The fourth-order valence-corrected chi connectivity index (χ4v) is 2.74. The molecule has 4 N–H and O–H groups in total. The van der Waals surface area contributed by atoms with Gasteiger partial charge in [-0.3, -0.25) is 9.59 Å². The monoisotopic (exact) mass is 326 g/mol. The number of nitrogens with two attached hydrogens (primary N) is 1. The van der Waals surface area contributed by atoms with Gasteiger partial charge in [0.15, 0.2) is 0 Å². The number of likely N-dealkylation sites (tertiary alicyclic amines) is 1. The number of aromatic amines is 1. The van der Waals surface area contributed by atoms with Crippen molar-refractivity contribution in [2.45, 2.75) is 31.7 Å². The summed E-state index contributed by atoms with van der Waals surface area (Å²) >= 11 is 0. The lowest BCUT2D eigenvalue weighted by molar-refractivity contribution is 0.0787. The van der Waals surface area contributed by atoms with Crippen molar-refractivity contribution in [3.63, 3.8) is 0 Å². The summed E-state index contributed by atoms with van der Waals surface area (Å²) in [5.41, 5.74) is 6.92. The van der Waals surface area contributed by atoms with Gasteiger partial charge in [-0.2, -0.15) is 0 Å². The van der Waals surface area contributed by atoms with E-state index < -0.39 is 0 Å². The zero-order chi connectivity index (χ0) is 14.8. The Labute approximate surface area is 136 Å². The van der Waals surface area contributed by atoms with E-state index in [-0.39, 0.29) is 30.3 Å². The summed E-state index contributed by atoms with van der Waals surface area (Å²) in [5.74, 6) is 0.355. The molecule has 1 aliphatic carbocycles. The first-order valence-corrected chi connectivity index (χ1v) is 7.66. The van der Waals surface area contributed by atoms with Gasteiger partial charge in [-0.05, 0) is 37.7 Å². The van der Waals surface area contributed by atoms with Gasteiger partial charge in [0.2, 0.25) is 0 Å². The van der Waals surface area contributed by atoms with Crippen molar-refractivity contribution in [3.8, 4) is 0 Å². The third-order valence-electron chi connectivity index (χ3n) is 4.29. The number of halogens is 1.